The van der Waals surface area contributed by atoms with Crippen molar-refractivity contribution >= 4 is 34.0 Å². The highest BCUT2D eigenvalue weighted by atomic mass is 32.1. The number of amides is 1. The third-order valence-corrected chi connectivity index (χ3v) is 4.32. The topological polar surface area (TPSA) is 51.1 Å². The van der Waals surface area contributed by atoms with Crippen LogP contribution in [-0.2, 0) is 6.54 Å². The molecule has 0 unspecified atom stereocenters. The van der Waals surface area contributed by atoms with Gasteiger partial charge in [0.1, 0.15) is 0 Å². The SMILES string of the molecule is CCn1sc(=O)c2cc(NC(=O)c3ccccc3)ccc21. The van der Waals surface area contributed by atoms with Crippen LogP contribution in [0.5, 0.6) is 0 Å². The van der Waals surface area contributed by atoms with E-state index in [0.717, 1.165) is 12.1 Å². The van der Waals surface area contributed by atoms with E-state index >= 15 is 0 Å². The van der Waals surface area contributed by atoms with Gasteiger partial charge in [0, 0.05) is 17.8 Å². The summed E-state index contributed by atoms with van der Waals surface area (Å²) in [7, 11) is 0. The van der Waals surface area contributed by atoms with Gasteiger partial charge >= 0.3 is 0 Å². The summed E-state index contributed by atoms with van der Waals surface area (Å²) < 4.78 is 1.96. The van der Waals surface area contributed by atoms with Gasteiger partial charge in [-0.1, -0.05) is 18.2 Å². The van der Waals surface area contributed by atoms with Crippen LogP contribution in [0.15, 0.2) is 53.3 Å². The number of fused-ring (bicyclic) bond motifs is 1. The first-order chi connectivity index (χ1) is 10.2. The summed E-state index contributed by atoms with van der Waals surface area (Å²) in [4.78, 5) is 24.1. The van der Waals surface area contributed by atoms with Crippen molar-refractivity contribution in [3.05, 3.63) is 63.6 Å². The average Bonchev–Trinajstić information content (AvgIpc) is 2.84. The lowest BCUT2D eigenvalue weighted by atomic mass is 10.2. The van der Waals surface area contributed by atoms with E-state index < -0.39 is 0 Å². The Morgan fingerprint density at radius 3 is 2.67 bits per heavy atom. The number of nitrogens with zero attached hydrogens (tertiary/aromatic N) is 1. The molecule has 21 heavy (non-hydrogen) atoms. The average molecular weight is 298 g/mol. The summed E-state index contributed by atoms with van der Waals surface area (Å²) in [6.45, 7) is 2.76. The van der Waals surface area contributed by atoms with E-state index in [9.17, 15) is 9.59 Å². The van der Waals surface area contributed by atoms with Crippen molar-refractivity contribution in [3.8, 4) is 0 Å². The first-order valence-corrected chi connectivity index (χ1v) is 7.46. The molecule has 1 amide bonds. The molecule has 1 aromatic heterocycles. The van der Waals surface area contributed by atoms with Crippen LogP contribution in [0.4, 0.5) is 5.69 Å². The number of hydrogen-bond donors (Lipinski definition) is 1. The van der Waals surface area contributed by atoms with Gasteiger partial charge < -0.3 is 5.32 Å². The summed E-state index contributed by atoms with van der Waals surface area (Å²) in [6, 6.07) is 14.4. The van der Waals surface area contributed by atoms with Gasteiger partial charge in [-0.15, -0.1) is 0 Å². The molecule has 0 saturated carbocycles. The Hall–Kier alpha value is -2.40. The van der Waals surface area contributed by atoms with Crippen LogP contribution >= 0.6 is 11.5 Å². The first-order valence-electron chi connectivity index (χ1n) is 6.69. The Kier molecular flexibility index (Phi) is 3.58. The number of aryl methyl sites for hydroxylation is 1. The van der Waals surface area contributed by atoms with E-state index in [2.05, 4.69) is 5.32 Å². The number of carbonyl (C=O) groups is 1. The van der Waals surface area contributed by atoms with E-state index in [1.165, 1.54) is 11.5 Å². The predicted octanol–water partition coefficient (Wildman–Crippen LogP) is 3.34. The summed E-state index contributed by atoms with van der Waals surface area (Å²) >= 11 is 1.20. The maximum absolute atomic E-state index is 12.1. The minimum absolute atomic E-state index is 0.0164. The maximum Gasteiger partial charge on any atom is 0.257 e. The summed E-state index contributed by atoms with van der Waals surface area (Å²) in [6.07, 6.45) is 0. The fourth-order valence-electron chi connectivity index (χ4n) is 2.22. The van der Waals surface area contributed by atoms with E-state index in [1.54, 1.807) is 18.2 Å². The van der Waals surface area contributed by atoms with E-state index in [4.69, 9.17) is 0 Å². The van der Waals surface area contributed by atoms with E-state index in [-0.39, 0.29) is 10.6 Å². The zero-order valence-electron chi connectivity index (χ0n) is 11.5. The molecule has 2 aromatic carbocycles. The molecular formula is C16H14N2O2S. The molecule has 0 bridgehead atoms. The quantitative estimate of drug-likeness (QED) is 0.806. The van der Waals surface area contributed by atoms with Crippen molar-refractivity contribution in [2.45, 2.75) is 13.5 Å². The summed E-state index contributed by atoms with van der Waals surface area (Å²) in [5, 5.41) is 3.47. The van der Waals surface area contributed by atoms with Crippen LogP contribution in [0.1, 0.15) is 17.3 Å². The van der Waals surface area contributed by atoms with Crippen molar-refractivity contribution < 1.29 is 4.79 Å². The molecule has 0 aliphatic rings. The van der Waals surface area contributed by atoms with Gasteiger partial charge in [0.2, 0.25) is 0 Å². The summed E-state index contributed by atoms with van der Waals surface area (Å²) in [5.41, 5.74) is 2.13. The number of nitrogens with one attached hydrogen (secondary N) is 1. The van der Waals surface area contributed by atoms with Crippen LogP contribution in [0.2, 0.25) is 0 Å². The molecule has 3 aromatic rings. The second kappa shape index (κ2) is 5.54. The van der Waals surface area contributed by atoms with Crippen LogP contribution in [0, 0.1) is 0 Å². The van der Waals surface area contributed by atoms with Gasteiger partial charge in [-0.05, 0) is 48.8 Å². The highest BCUT2D eigenvalue weighted by molar-refractivity contribution is 7.05. The van der Waals surface area contributed by atoms with Crippen molar-refractivity contribution in [1.82, 2.24) is 3.96 Å². The van der Waals surface area contributed by atoms with E-state index in [1.807, 2.05) is 41.2 Å². The second-order valence-corrected chi connectivity index (χ2v) is 5.62. The Labute approximate surface area is 125 Å². The second-order valence-electron chi connectivity index (χ2n) is 4.63. The zero-order valence-corrected chi connectivity index (χ0v) is 12.3. The molecule has 0 fully saturated rings. The molecule has 0 saturated heterocycles. The predicted molar refractivity (Wildman–Crippen MR) is 86.2 cm³/mol. The van der Waals surface area contributed by atoms with E-state index in [0.29, 0.717) is 16.6 Å². The van der Waals surface area contributed by atoms with Crippen LogP contribution in [0.25, 0.3) is 10.9 Å². The molecule has 1 heterocycles. The minimum Gasteiger partial charge on any atom is -0.322 e. The number of carbonyl (C=O) groups excluding carboxylic acids is 1. The number of benzene rings is 2. The number of aromatic nitrogens is 1. The summed E-state index contributed by atoms with van der Waals surface area (Å²) in [5.74, 6) is -0.180. The van der Waals surface area contributed by atoms with Crippen molar-refractivity contribution in [2.24, 2.45) is 0 Å². The number of hydrogen-bond acceptors (Lipinski definition) is 3. The van der Waals surface area contributed by atoms with Gasteiger partial charge in [0.25, 0.3) is 10.6 Å². The lowest BCUT2D eigenvalue weighted by molar-refractivity contribution is 0.102. The molecule has 0 atom stereocenters. The molecule has 106 valence electrons. The van der Waals surface area contributed by atoms with Gasteiger partial charge in [0.05, 0.1) is 10.9 Å². The van der Waals surface area contributed by atoms with Crippen LogP contribution in [-0.4, -0.2) is 9.86 Å². The largest absolute Gasteiger partial charge is 0.322 e. The van der Waals surface area contributed by atoms with Gasteiger partial charge in [-0.25, -0.2) is 0 Å². The highest BCUT2D eigenvalue weighted by Crippen LogP contribution is 2.20. The first kappa shape index (κ1) is 13.6. The number of anilines is 1. The van der Waals surface area contributed by atoms with Gasteiger partial charge in [-0.3, -0.25) is 13.5 Å². The molecule has 0 aliphatic carbocycles. The smallest absolute Gasteiger partial charge is 0.257 e. The minimum atomic E-state index is -0.180. The fraction of sp³-hybridized carbons (Fsp3) is 0.125. The number of rotatable bonds is 3. The van der Waals surface area contributed by atoms with Crippen LogP contribution in [0.3, 0.4) is 0 Å². The Bertz CT molecular complexity index is 850. The van der Waals surface area contributed by atoms with Crippen molar-refractivity contribution in [1.29, 1.82) is 0 Å². The molecule has 4 nitrogen and oxygen atoms in total. The molecule has 0 radical (unpaired) electrons. The molecule has 1 N–H and O–H groups in total. The van der Waals surface area contributed by atoms with Crippen molar-refractivity contribution in [3.63, 3.8) is 0 Å². The lowest BCUT2D eigenvalue weighted by Gasteiger charge is -2.05. The normalized spacial score (nSPS) is 10.7. The third-order valence-electron chi connectivity index (χ3n) is 3.26. The monoisotopic (exact) mass is 298 g/mol. The molecule has 5 heteroatoms. The lowest BCUT2D eigenvalue weighted by Crippen LogP contribution is -2.11. The molecule has 0 aliphatic heterocycles. The Balaban J connectivity index is 1.93. The highest BCUT2D eigenvalue weighted by Gasteiger charge is 2.09. The molecule has 3 rings (SSSR count). The Morgan fingerprint density at radius 1 is 1.19 bits per heavy atom. The molecular weight excluding hydrogens is 284 g/mol. The molecule has 0 spiro atoms. The third kappa shape index (κ3) is 2.60. The fourth-order valence-corrected chi connectivity index (χ4v) is 3.07. The standard InChI is InChI=1S/C16H14N2O2S/c1-2-18-14-9-8-12(10-13(14)16(20)21-18)17-15(19)11-6-4-3-5-7-11/h3-10H,2H2,1H3,(H,17,19). The van der Waals surface area contributed by atoms with Crippen LogP contribution < -0.4 is 10.1 Å². The maximum atomic E-state index is 12.1. The van der Waals surface area contributed by atoms with Gasteiger partial charge in [-0.2, -0.15) is 0 Å². The zero-order chi connectivity index (χ0) is 14.8. The Morgan fingerprint density at radius 2 is 1.95 bits per heavy atom. The van der Waals surface area contributed by atoms with Crippen molar-refractivity contribution in [2.75, 3.05) is 5.32 Å². The van der Waals surface area contributed by atoms with Gasteiger partial charge in [0.15, 0.2) is 0 Å².